The Morgan fingerprint density at radius 1 is 1.11 bits per heavy atom. The Labute approximate surface area is 114 Å². The van der Waals surface area contributed by atoms with Crippen molar-refractivity contribution in [2.24, 2.45) is 0 Å². The predicted molar refractivity (Wildman–Crippen MR) is 73.4 cm³/mol. The van der Waals surface area contributed by atoms with E-state index in [4.69, 9.17) is 22.4 Å². The quantitative estimate of drug-likeness (QED) is 0.840. The number of hydrogen-bond acceptors (Lipinski definition) is 3. The molecule has 0 amide bonds. The van der Waals surface area contributed by atoms with Gasteiger partial charge in [-0.05, 0) is 42.5 Å². The highest BCUT2D eigenvalue weighted by Gasteiger charge is 2.08. The molecule has 0 radical (unpaired) electrons. The van der Waals surface area contributed by atoms with Crippen molar-refractivity contribution in [2.45, 2.75) is 9.79 Å². The zero-order valence-corrected chi connectivity index (χ0v) is 10.8. The van der Waals surface area contributed by atoms with Crippen LogP contribution in [0.1, 0.15) is 10.4 Å². The number of aromatic carboxylic acids is 1. The lowest BCUT2D eigenvalue weighted by Gasteiger charge is -2.05. The molecule has 0 fully saturated rings. The smallest absolute Gasteiger partial charge is 0.337 e. The summed E-state index contributed by atoms with van der Waals surface area (Å²) in [4.78, 5) is 12.7. The summed E-state index contributed by atoms with van der Waals surface area (Å²) in [6.45, 7) is 0. The number of rotatable bonds is 3. The highest BCUT2D eigenvalue weighted by Crippen LogP contribution is 2.30. The van der Waals surface area contributed by atoms with Crippen molar-refractivity contribution < 1.29 is 9.90 Å². The summed E-state index contributed by atoms with van der Waals surface area (Å²) in [7, 11) is 0. The van der Waals surface area contributed by atoms with Crippen LogP contribution in [0, 0.1) is 0 Å². The number of carbonyl (C=O) groups is 1. The standard InChI is InChI=1S/C13H10ClNO2S/c14-8-1-3-9(4-2-8)18-10-5-6-11(13(16)17)12(15)7-10/h1-7H,15H2,(H,16,17). The lowest BCUT2D eigenvalue weighted by Crippen LogP contribution is -2.01. The topological polar surface area (TPSA) is 63.3 Å². The van der Waals surface area contributed by atoms with Crippen LogP contribution in [0.4, 0.5) is 5.69 Å². The molecule has 0 saturated carbocycles. The van der Waals surface area contributed by atoms with Gasteiger partial charge >= 0.3 is 5.97 Å². The molecule has 3 nitrogen and oxygen atoms in total. The molecule has 0 spiro atoms. The Morgan fingerprint density at radius 2 is 1.72 bits per heavy atom. The molecule has 0 aromatic heterocycles. The fourth-order valence-corrected chi connectivity index (χ4v) is 2.43. The number of nitrogens with two attached hydrogens (primary N) is 1. The van der Waals surface area contributed by atoms with E-state index in [0.717, 1.165) is 9.79 Å². The van der Waals surface area contributed by atoms with Crippen LogP contribution in [0.2, 0.25) is 5.02 Å². The van der Waals surface area contributed by atoms with E-state index in [1.165, 1.54) is 17.8 Å². The van der Waals surface area contributed by atoms with Gasteiger partial charge in [-0.15, -0.1) is 0 Å². The predicted octanol–water partition coefficient (Wildman–Crippen LogP) is 3.77. The van der Waals surface area contributed by atoms with Gasteiger partial charge in [0.25, 0.3) is 0 Å². The van der Waals surface area contributed by atoms with Crippen LogP contribution in [0.5, 0.6) is 0 Å². The minimum absolute atomic E-state index is 0.121. The first-order valence-corrected chi connectivity index (χ1v) is 6.32. The molecule has 2 aromatic rings. The van der Waals surface area contributed by atoms with Crippen LogP contribution in [0.15, 0.2) is 52.3 Å². The van der Waals surface area contributed by atoms with E-state index >= 15 is 0 Å². The molecular weight excluding hydrogens is 270 g/mol. The third-order valence-electron chi connectivity index (χ3n) is 2.30. The maximum atomic E-state index is 10.8. The second-order valence-corrected chi connectivity index (χ2v) is 5.19. The summed E-state index contributed by atoms with van der Waals surface area (Å²) in [5.74, 6) is -1.02. The molecule has 0 heterocycles. The molecule has 18 heavy (non-hydrogen) atoms. The number of carboxylic acids is 1. The number of hydrogen-bond donors (Lipinski definition) is 2. The highest BCUT2D eigenvalue weighted by molar-refractivity contribution is 7.99. The summed E-state index contributed by atoms with van der Waals surface area (Å²) in [6, 6.07) is 12.3. The molecule has 0 aliphatic heterocycles. The van der Waals surface area contributed by atoms with Crippen LogP contribution < -0.4 is 5.73 Å². The average molecular weight is 280 g/mol. The second kappa shape index (κ2) is 5.33. The van der Waals surface area contributed by atoms with Crippen molar-refractivity contribution in [1.29, 1.82) is 0 Å². The summed E-state index contributed by atoms with van der Waals surface area (Å²) in [6.07, 6.45) is 0. The Morgan fingerprint density at radius 3 is 2.28 bits per heavy atom. The van der Waals surface area contributed by atoms with Crippen molar-refractivity contribution in [1.82, 2.24) is 0 Å². The Bertz CT molecular complexity index is 584. The maximum Gasteiger partial charge on any atom is 0.337 e. The van der Waals surface area contributed by atoms with Crippen LogP contribution >= 0.6 is 23.4 Å². The third kappa shape index (κ3) is 2.97. The van der Waals surface area contributed by atoms with Crippen LogP contribution in [0.3, 0.4) is 0 Å². The number of nitrogen functional groups attached to an aromatic ring is 1. The van der Waals surface area contributed by atoms with Crippen molar-refractivity contribution in [3.05, 3.63) is 53.1 Å². The molecule has 0 aliphatic carbocycles. The normalized spacial score (nSPS) is 10.3. The van der Waals surface area contributed by atoms with Gasteiger partial charge in [-0.25, -0.2) is 4.79 Å². The first kappa shape index (κ1) is 12.8. The molecular formula is C13H10ClNO2S. The molecule has 0 aliphatic rings. The zero-order valence-electron chi connectivity index (χ0n) is 9.26. The summed E-state index contributed by atoms with van der Waals surface area (Å²) >= 11 is 7.30. The number of carboxylic acid groups (broad SMARTS) is 1. The van der Waals surface area contributed by atoms with Gasteiger partial charge in [0.2, 0.25) is 0 Å². The Hall–Kier alpha value is -1.65. The molecule has 0 unspecified atom stereocenters. The van der Waals surface area contributed by atoms with Crippen LogP contribution in [-0.2, 0) is 0 Å². The van der Waals surface area contributed by atoms with Crippen molar-refractivity contribution in [3.8, 4) is 0 Å². The molecule has 2 rings (SSSR count). The lowest BCUT2D eigenvalue weighted by molar-refractivity contribution is 0.0698. The number of benzene rings is 2. The first-order valence-electron chi connectivity index (χ1n) is 5.12. The highest BCUT2D eigenvalue weighted by atomic mass is 35.5. The van der Waals surface area contributed by atoms with Gasteiger partial charge in [-0.3, -0.25) is 0 Å². The lowest BCUT2D eigenvalue weighted by atomic mass is 10.2. The number of anilines is 1. The third-order valence-corrected chi connectivity index (χ3v) is 3.55. The minimum Gasteiger partial charge on any atom is -0.478 e. The fourth-order valence-electron chi connectivity index (χ4n) is 1.44. The van der Waals surface area contributed by atoms with E-state index in [9.17, 15) is 4.79 Å². The molecule has 3 N–H and O–H groups in total. The monoisotopic (exact) mass is 279 g/mol. The molecule has 0 saturated heterocycles. The van der Waals surface area contributed by atoms with Gasteiger partial charge < -0.3 is 10.8 Å². The minimum atomic E-state index is -1.02. The Balaban J connectivity index is 2.22. The van der Waals surface area contributed by atoms with Crippen molar-refractivity contribution in [2.75, 3.05) is 5.73 Å². The van der Waals surface area contributed by atoms with Gasteiger partial charge in [0.05, 0.1) is 5.56 Å². The van der Waals surface area contributed by atoms with Gasteiger partial charge in [0.1, 0.15) is 0 Å². The average Bonchev–Trinajstić information content (AvgIpc) is 2.32. The van der Waals surface area contributed by atoms with E-state index in [0.29, 0.717) is 5.02 Å². The van der Waals surface area contributed by atoms with E-state index in [2.05, 4.69) is 0 Å². The largest absolute Gasteiger partial charge is 0.478 e. The van der Waals surface area contributed by atoms with E-state index < -0.39 is 5.97 Å². The molecule has 5 heteroatoms. The summed E-state index contributed by atoms with van der Waals surface area (Å²) in [5.41, 5.74) is 6.07. The second-order valence-electron chi connectivity index (χ2n) is 3.61. The zero-order chi connectivity index (χ0) is 13.1. The van der Waals surface area contributed by atoms with Crippen molar-refractivity contribution >= 4 is 35.0 Å². The maximum absolute atomic E-state index is 10.8. The van der Waals surface area contributed by atoms with Crippen LogP contribution in [-0.4, -0.2) is 11.1 Å². The van der Waals surface area contributed by atoms with E-state index in [1.54, 1.807) is 24.3 Å². The van der Waals surface area contributed by atoms with E-state index in [-0.39, 0.29) is 11.3 Å². The van der Waals surface area contributed by atoms with Gasteiger partial charge in [0.15, 0.2) is 0 Å². The first-order chi connectivity index (χ1) is 8.56. The van der Waals surface area contributed by atoms with Gasteiger partial charge in [-0.2, -0.15) is 0 Å². The molecule has 2 aromatic carbocycles. The van der Waals surface area contributed by atoms with Crippen LogP contribution in [0.25, 0.3) is 0 Å². The summed E-state index contributed by atoms with van der Waals surface area (Å²) in [5, 5.41) is 9.56. The SMILES string of the molecule is Nc1cc(Sc2ccc(Cl)cc2)ccc1C(=O)O. The van der Waals surface area contributed by atoms with E-state index in [1.807, 2.05) is 12.1 Å². The van der Waals surface area contributed by atoms with Gasteiger partial charge in [0, 0.05) is 20.5 Å². The molecule has 0 bridgehead atoms. The Kier molecular flexibility index (Phi) is 3.79. The number of halogens is 1. The molecule has 92 valence electrons. The van der Waals surface area contributed by atoms with Gasteiger partial charge in [-0.1, -0.05) is 23.4 Å². The molecule has 0 atom stereocenters. The summed E-state index contributed by atoms with van der Waals surface area (Å²) < 4.78 is 0. The fraction of sp³-hybridized carbons (Fsp3) is 0. The van der Waals surface area contributed by atoms with Crippen molar-refractivity contribution in [3.63, 3.8) is 0 Å².